The molecule has 1 atom stereocenters. The molecule has 0 aliphatic carbocycles. The minimum atomic E-state index is -4.98. The van der Waals surface area contributed by atoms with E-state index >= 15 is 0 Å². The first-order chi connectivity index (χ1) is 32.1. The molecule has 22 heteroatoms. The summed E-state index contributed by atoms with van der Waals surface area (Å²) >= 11 is 0. The Morgan fingerprint density at radius 2 is 1.35 bits per heavy atom. The number of nitrogens with zero attached hydrogens (tertiary/aromatic N) is 2. The summed E-state index contributed by atoms with van der Waals surface area (Å²) in [5.74, 6) is -1.47. The molecule has 4 aromatic carbocycles. The van der Waals surface area contributed by atoms with E-state index in [2.05, 4.69) is 0 Å². The first-order valence-electron chi connectivity index (χ1n) is 21.9. The number of hydrogen-bond donors (Lipinski definition) is 5. The van der Waals surface area contributed by atoms with Gasteiger partial charge < -0.3 is 19.5 Å². The molecule has 0 bridgehead atoms. The Kier molecular flexibility index (Phi) is 15.9. The maximum Gasteiger partial charge on any atom is 0.303 e. The number of unbranched alkanes of at least 4 members (excludes halogenated alkanes) is 2. The van der Waals surface area contributed by atoms with Crippen molar-refractivity contribution in [3.05, 3.63) is 101 Å². The Labute approximate surface area is 402 Å². The van der Waals surface area contributed by atoms with Crippen LogP contribution in [-0.2, 0) is 72.0 Å². The van der Waals surface area contributed by atoms with Gasteiger partial charge in [-0.25, -0.2) is 0 Å². The molecule has 1 unspecified atom stereocenters. The predicted molar refractivity (Wildman–Crippen MR) is 260 cm³/mol. The fraction of sp³-hybridized carbons (Fsp3) is 0.404. The Balaban J connectivity index is 1.50. The smallest absolute Gasteiger partial charge is 0.303 e. The quantitative estimate of drug-likeness (QED) is 0.0229. The molecule has 0 saturated heterocycles. The van der Waals surface area contributed by atoms with Gasteiger partial charge in [-0.3, -0.25) is 23.0 Å². The second-order valence-electron chi connectivity index (χ2n) is 17.8. The third-order valence-corrected chi connectivity index (χ3v) is 16.2. The van der Waals surface area contributed by atoms with Gasteiger partial charge in [0.15, 0.2) is 5.71 Å². The Morgan fingerprint density at radius 3 is 1.96 bits per heavy atom. The molecule has 6 rings (SSSR count). The number of ether oxygens (including phenoxy) is 2. The second-order valence-corrected chi connectivity index (χ2v) is 23.6. The predicted octanol–water partition coefficient (Wildman–Crippen LogP) is 7.03. The molecule has 0 saturated carbocycles. The minimum absolute atomic E-state index is 0.0188. The summed E-state index contributed by atoms with van der Waals surface area (Å²) < 4.78 is 153. The van der Waals surface area contributed by atoms with Gasteiger partial charge in [-0.2, -0.15) is 38.2 Å². The molecule has 2 aliphatic heterocycles. The van der Waals surface area contributed by atoms with Crippen LogP contribution >= 0.6 is 0 Å². The number of fused-ring (bicyclic) bond motifs is 6. The number of carboxylic acids is 1. The maximum atomic E-state index is 12.9. The molecular weight excluding hydrogens is 977 g/mol. The third kappa shape index (κ3) is 11.5. The molecule has 0 amide bonds. The van der Waals surface area contributed by atoms with Gasteiger partial charge in [0.05, 0.1) is 29.3 Å². The van der Waals surface area contributed by atoms with E-state index < -0.39 is 72.8 Å². The first kappa shape index (κ1) is 53.5. The molecule has 69 heavy (non-hydrogen) atoms. The zero-order chi connectivity index (χ0) is 50.9. The molecule has 4 aromatic rings. The van der Waals surface area contributed by atoms with Gasteiger partial charge in [0.2, 0.25) is 5.69 Å². The van der Waals surface area contributed by atoms with Crippen molar-refractivity contribution in [1.29, 1.82) is 0 Å². The molecule has 2 heterocycles. The number of aliphatic carboxylic acids is 1. The summed E-state index contributed by atoms with van der Waals surface area (Å²) in [6, 6.07) is 11.6. The van der Waals surface area contributed by atoms with Crippen molar-refractivity contribution < 1.29 is 75.8 Å². The lowest BCUT2D eigenvalue weighted by molar-refractivity contribution is -0.438. The summed E-state index contributed by atoms with van der Waals surface area (Å²) in [5, 5.41) is 10.2. The molecular formula is C47H57N2O16S4+. The van der Waals surface area contributed by atoms with Crippen molar-refractivity contribution in [2.24, 2.45) is 0 Å². The van der Waals surface area contributed by atoms with Crippen LogP contribution in [0.5, 0.6) is 0 Å². The molecule has 5 N–H and O–H groups in total. The standard InChI is InChI=1S/C47H56N2O16S4/c1-46(2)41(48(22-11-7-10-15-43(50)51)37-18-16-34-36(44(37)46)29-32(67(55,56)57)30-40(34)69(61,62)63)13-8-6-9-14-42-47(3,21-12-26-66(52,53)54)45-35-27-31(20-24-64-4)28-39(68(58,59)60)33(35)17-19-38(45)49(42)23-25-65-5/h6,8-9,13-14,16-19,27-30H,7,10-12,15,20-26H2,1-5H3,(H4-,50,51,52,53,54,55,56,57,58,59,60,61,62,63)/p+1. The zero-order valence-corrected chi connectivity index (χ0v) is 42.0. The van der Waals surface area contributed by atoms with Crippen LogP contribution in [0.2, 0.25) is 0 Å². The van der Waals surface area contributed by atoms with Crippen LogP contribution in [0.4, 0.5) is 11.4 Å². The number of carbonyl (C=O) groups is 1. The lowest BCUT2D eigenvalue weighted by Gasteiger charge is -2.31. The van der Waals surface area contributed by atoms with E-state index in [-0.39, 0.29) is 53.5 Å². The van der Waals surface area contributed by atoms with Gasteiger partial charge in [0.1, 0.15) is 16.3 Å². The van der Waals surface area contributed by atoms with Gasteiger partial charge in [-0.05, 0) is 111 Å². The third-order valence-electron chi connectivity index (χ3n) is 12.8. The normalized spacial score (nSPS) is 18.2. The van der Waals surface area contributed by atoms with Gasteiger partial charge >= 0.3 is 5.97 Å². The van der Waals surface area contributed by atoms with E-state index in [1.165, 1.54) is 25.3 Å². The van der Waals surface area contributed by atoms with Crippen molar-refractivity contribution in [2.75, 3.05) is 51.2 Å². The number of allylic oxidation sites excluding steroid dienone is 6. The van der Waals surface area contributed by atoms with Crippen molar-refractivity contribution in [3.8, 4) is 0 Å². The first-order valence-corrected chi connectivity index (χ1v) is 27.8. The van der Waals surface area contributed by atoms with Crippen LogP contribution in [0, 0.1) is 0 Å². The van der Waals surface area contributed by atoms with Gasteiger partial charge in [0, 0.05) is 78.9 Å². The van der Waals surface area contributed by atoms with E-state index in [9.17, 15) is 61.8 Å². The van der Waals surface area contributed by atoms with E-state index in [4.69, 9.17) is 9.47 Å². The van der Waals surface area contributed by atoms with Gasteiger partial charge in [-0.1, -0.05) is 30.4 Å². The molecule has 0 fully saturated rings. The van der Waals surface area contributed by atoms with Gasteiger partial charge in [-0.15, -0.1) is 0 Å². The fourth-order valence-corrected chi connectivity index (χ4v) is 12.4. The van der Waals surface area contributed by atoms with Crippen LogP contribution in [0.25, 0.3) is 21.5 Å². The van der Waals surface area contributed by atoms with Crippen LogP contribution in [0.1, 0.15) is 76.0 Å². The second kappa shape index (κ2) is 20.5. The Hall–Kier alpha value is -4.88. The van der Waals surface area contributed by atoms with E-state index in [0.29, 0.717) is 89.7 Å². The van der Waals surface area contributed by atoms with Crippen molar-refractivity contribution >= 4 is 85.1 Å². The topological polar surface area (TPSA) is 279 Å². The monoisotopic (exact) mass is 1030 g/mol. The average Bonchev–Trinajstić information content (AvgIpc) is 3.61. The fourth-order valence-electron chi connectivity index (χ4n) is 9.77. The molecule has 0 radical (unpaired) electrons. The van der Waals surface area contributed by atoms with Crippen LogP contribution < -0.4 is 4.90 Å². The van der Waals surface area contributed by atoms with Crippen LogP contribution in [0.3, 0.4) is 0 Å². The molecule has 18 nitrogen and oxygen atoms in total. The number of anilines is 1. The summed E-state index contributed by atoms with van der Waals surface area (Å²) in [6.45, 7) is 6.84. The molecule has 374 valence electrons. The van der Waals surface area contributed by atoms with E-state index in [0.717, 1.165) is 0 Å². The minimum Gasteiger partial charge on any atom is -0.481 e. The lowest BCUT2D eigenvalue weighted by atomic mass is 9.75. The number of benzene rings is 4. The summed E-state index contributed by atoms with van der Waals surface area (Å²) in [6.07, 6.45) is 11.0. The zero-order valence-electron chi connectivity index (χ0n) is 38.7. The highest BCUT2D eigenvalue weighted by atomic mass is 32.2. The number of carboxylic acid groups (broad SMARTS) is 1. The van der Waals surface area contributed by atoms with E-state index in [1.807, 2.05) is 48.5 Å². The molecule has 0 spiro atoms. The summed E-state index contributed by atoms with van der Waals surface area (Å²) in [7, 11) is -16.0. The van der Waals surface area contributed by atoms with Gasteiger partial charge in [0.25, 0.3) is 40.5 Å². The summed E-state index contributed by atoms with van der Waals surface area (Å²) in [5.41, 5.74) is 2.46. The highest BCUT2D eigenvalue weighted by Gasteiger charge is 2.47. The van der Waals surface area contributed by atoms with Crippen molar-refractivity contribution in [2.45, 2.75) is 91.2 Å². The van der Waals surface area contributed by atoms with Crippen molar-refractivity contribution in [1.82, 2.24) is 0 Å². The number of rotatable bonds is 22. The molecule has 2 aliphatic rings. The van der Waals surface area contributed by atoms with E-state index in [1.54, 1.807) is 43.5 Å². The maximum absolute atomic E-state index is 12.9. The van der Waals surface area contributed by atoms with Crippen LogP contribution in [0.15, 0.2) is 99.3 Å². The Bertz CT molecular complexity index is 3290. The number of methoxy groups -OCH3 is 2. The van der Waals surface area contributed by atoms with Crippen molar-refractivity contribution in [3.63, 3.8) is 0 Å². The van der Waals surface area contributed by atoms with Crippen LogP contribution in [-0.4, -0.2) is 120 Å². The Morgan fingerprint density at radius 1 is 0.710 bits per heavy atom. The highest BCUT2D eigenvalue weighted by molar-refractivity contribution is 7.87. The average molecular weight is 1030 g/mol. The SMILES string of the molecule is COCCc1cc(S(=O)(=O)O)c2ccc3c(c2c1)C(C)(CCCS(=O)(=O)O)\C(=C/C=C/C=C/C1=[N+](CCCCCC(=O)O)c2ccc4c(S(=O)(=O)O)cc(S(=O)(=O)O)cc4c2C1(C)C)N3CCOC. The lowest BCUT2D eigenvalue weighted by Crippen LogP contribution is -2.31. The highest BCUT2D eigenvalue weighted by Crippen LogP contribution is 2.54. The summed E-state index contributed by atoms with van der Waals surface area (Å²) in [4.78, 5) is 11.5. The largest absolute Gasteiger partial charge is 0.481 e. The molecule has 0 aromatic heterocycles. The number of hydrogen-bond acceptors (Lipinski definition) is 12.